The summed E-state index contributed by atoms with van der Waals surface area (Å²) in [6, 6.07) is 15.9. The molecule has 0 spiro atoms. The molecule has 2 amide bonds. The molecule has 1 aromatic heterocycles. The maximum atomic E-state index is 13.0. The molecule has 2 aromatic carbocycles. The Morgan fingerprint density at radius 3 is 2.47 bits per heavy atom. The van der Waals surface area contributed by atoms with Crippen molar-refractivity contribution in [2.24, 2.45) is 0 Å². The van der Waals surface area contributed by atoms with Crippen molar-refractivity contribution in [1.82, 2.24) is 9.88 Å². The zero-order valence-electron chi connectivity index (χ0n) is 19.9. The Morgan fingerprint density at radius 2 is 1.78 bits per heavy atom. The third kappa shape index (κ3) is 6.66. The van der Waals surface area contributed by atoms with Crippen LogP contribution in [0.4, 0.5) is 35.2 Å². The first-order valence-electron chi connectivity index (χ1n) is 11.7. The second-order valence-corrected chi connectivity index (χ2v) is 8.37. The van der Waals surface area contributed by atoms with Crippen molar-refractivity contribution in [3.8, 4) is 5.75 Å². The van der Waals surface area contributed by atoms with Crippen molar-refractivity contribution in [3.05, 3.63) is 78.0 Å². The van der Waals surface area contributed by atoms with Crippen molar-refractivity contribution in [1.29, 1.82) is 0 Å². The first-order chi connectivity index (χ1) is 17.3. The second-order valence-electron chi connectivity index (χ2n) is 8.37. The number of benzene rings is 2. The maximum Gasteiger partial charge on any atom is 0.416 e. The van der Waals surface area contributed by atoms with Gasteiger partial charge in [0.2, 0.25) is 0 Å². The van der Waals surface area contributed by atoms with E-state index >= 15 is 0 Å². The van der Waals surface area contributed by atoms with Crippen LogP contribution in [0.3, 0.4) is 0 Å². The molecule has 0 unspecified atom stereocenters. The summed E-state index contributed by atoms with van der Waals surface area (Å²) in [6.07, 6.45) is -2.74. The number of amides is 2. The number of aromatic nitrogens is 1. The van der Waals surface area contributed by atoms with Crippen molar-refractivity contribution < 1.29 is 22.7 Å². The monoisotopic (exact) mass is 499 g/mol. The van der Waals surface area contributed by atoms with Gasteiger partial charge in [-0.25, -0.2) is 9.78 Å². The van der Waals surface area contributed by atoms with E-state index in [0.29, 0.717) is 62.0 Å². The largest absolute Gasteiger partial charge is 0.492 e. The molecule has 1 aliphatic heterocycles. The van der Waals surface area contributed by atoms with Gasteiger partial charge in [-0.3, -0.25) is 4.90 Å². The Labute approximate surface area is 207 Å². The molecular formula is C26H28F3N5O2. The lowest BCUT2D eigenvalue weighted by Gasteiger charge is -2.35. The molecule has 2 N–H and O–H groups in total. The van der Waals surface area contributed by atoms with Crippen LogP contribution in [0.25, 0.3) is 0 Å². The molecule has 1 saturated heterocycles. The molecule has 1 aliphatic rings. The molecule has 0 saturated carbocycles. The van der Waals surface area contributed by atoms with Crippen LogP contribution in [0.1, 0.15) is 18.1 Å². The van der Waals surface area contributed by atoms with E-state index in [9.17, 15) is 18.0 Å². The minimum atomic E-state index is -4.34. The van der Waals surface area contributed by atoms with Crippen LogP contribution in [-0.4, -0.2) is 48.7 Å². The van der Waals surface area contributed by atoms with Crippen LogP contribution < -0.4 is 20.3 Å². The molecule has 3 aromatic rings. The number of hydrogen-bond acceptors (Lipinski definition) is 5. The topological polar surface area (TPSA) is 69.7 Å². The number of carbonyl (C=O) groups excluding carboxylic acids is 1. The first-order valence-corrected chi connectivity index (χ1v) is 11.7. The van der Waals surface area contributed by atoms with E-state index in [4.69, 9.17) is 4.74 Å². The molecule has 2 heterocycles. The minimum Gasteiger partial charge on any atom is -0.492 e. The minimum absolute atomic E-state index is 0.403. The van der Waals surface area contributed by atoms with Gasteiger partial charge < -0.3 is 20.3 Å². The number of hydrogen-bond donors (Lipinski definition) is 2. The number of halogens is 3. The average Bonchev–Trinajstić information content (AvgIpc) is 2.86. The van der Waals surface area contributed by atoms with E-state index in [1.165, 1.54) is 12.1 Å². The van der Waals surface area contributed by atoms with Crippen LogP contribution in [-0.2, 0) is 12.7 Å². The van der Waals surface area contributed by atoms with Gasteiger partial charge in [-0.1, -0.05) is 30.3 Å². The molecule has 7 nitrogen and oxygen atoms in total. The predicted molar refractivity (Wildman–Crippen MR) is 133 cm³/mol. The highest BCUT2D eigenvalue weighted by Crippen LogP contribution is 2.30. The summed E-state index contributed by atoms with van der Waals surface area (Å²) in [4.78, 5) is 21.1. The zero-order chi connectivity index (χ0) is 25.5. The number of pyridine rings is 1. The van der Waals surface area contributed by atoms with E-state index in [1.807, 2.05) is 25.1 Å². The van der Waals surface area contributed by atoms with Crippen molar-refractivity contribution in [3.63, 3.8) is 0 Å². The molecule has 36 heavy (non-hydrogen) atoms. The van der Waals surface area contributed by atoms with Crippen LogP contribution in [0.5, 0.6) is 5.75 Å². The SMILES string of the molecule is CCOc1ccccc1NC(=O)Nc1ccc(N2CCN(Cc3cccc(C(F)(F)F)c3)CC2)nc1. The lowest BCUT2D eigenvalue weighted by Crippen LogP contribution is -2.46. The number of anilines is 3. The fourth-order valence-electron chi connectivity index (χ4n) is 4.02. The second kappa shape index (κ2) is 11.3. The molecule has 190 valence electrons. The summed E-state index contributed by atoms with van der Waals surface area (Å²) >= 11 is 0. The van der Waals surface area contributed by atoms with E-state index in [2.05, 4.69) is 25.4 Å². The number of rotatable bonds is 7. The van der Waals surface area contributed by atoms with Crippen LogP contribution in [0.15, 0.2) is 66.9 Å². The van der Waals surface area contributed by atoms with Crippen LogP contribution in [0.2, 0.25) is 0 Å². The van der Waals surface area contributed by atoms with Crippen molar-refractivity contribution in [2.45, 2.75) is 19.6 Å². The van der Waals surface area contributed by atoms with Gasteiger partial charge in [-0.05, 0) is 42.8 Å². The maximum absolute atomic E-state index is 13.0. The Balaban J connectivity index is 1.28. The lowest BCUT2D eigenvalue weighted by molar-refractivity contribution is -0.137. The summed E-state index contributed by atoms with van der Waals surface area (Å²) in [5.74, 6) is 1.37. The van der Waals surface area contributed by atoms with E-state index in [1.54, 1.807) is 30.5 Å². The molecule has 10 heteroatoms. The molecule has 0 radical (unpaired) electrons. The van der Waals surface area contributed by atoms with Gasteiger partial charge in [0, 0.05) is 32.7 Å². The standard InChI is InChI=1S/C26H28F3N5O2/c1-2-36-23-9-4-3-8-22(23)32-25(35)31-21-10-11-24(30-17-21)34-14-12-33(13-15-34)18-19-6-5-7-20(16-19)26(27,28)29/h3-11,16-17H,2,12-15,18H2,1H3,(H2,31,32,35). The number of carbonyl (C=O) groups is 1. The fourth-order valence-corrected chi connectivity index (χ4v) is 4.02. The Kier molecular flexibility index (Phi) is 7.94. The number of nitrogens with zero attached hydrogens (tertiary/aromatic N) is 3. The van der Waals surface area contributed by atoms with Crippen molar-refractivity contribution >= 4 is 23.2 Å². The van der Waals surface area contributed by atoms with Gasteiger partial charge >= 0.3 is 12.2 Å². The quantitative estimate of drug-likeness (QED) is 0.452. The molecule has 1 fully saturated rings. The fraction of sp³-hybridized carbons (Fsp3) is 0.308. The summed E-state index contributed by atoms with van der Waals surface area (Å²) in [6.45, 7) is 5.65. The van der Waals surface area contributed by atoms with Gasteiger partial charge in [0.25, 0.3) is 0 Å². The number of alkyl halides is 3. The van der Waals surface area contributed by atoms with E-state index in [-0.39, 0.29) is 0 Å². The van der Waals surface area contributed by atoms with Crippen LogP contribution in [0, 0.1) is 0 Å². The lowest BCUT2D eigenvalue weighted by atomic mass is 10.1. The van der Waals surface area contributed by atoms with E-state index in [0.717, 1.165) is 11.9 Å². The number of piperazine rings is 1. The molecule has 0 bridgehead atoms. The van der Waals surface area contributed by atoms with Gasteiger partial charge in [0.1, 0.15) is 11.6 Å². The Hall–Kier alpha value is -3.79. The Morgan fingerprint density at radius 1 is 1.00 bits per heavy atom. The highest BCUT2D eigenvalue weighted by Gasteiger charge is 2.30. The summed E-state index contributed by atoms with van der Waals surface area (Å²) < 4.78 is 44.4. The van der Waals surface area contributed by atoms with Gasteiger partial charge in [0.15, 0.2) is 0 Å². The molecule has 4 rings (SSSR count). The molecule has 0 aliphatic carbocycles. The average molecular weight is 500 g/mol. The van der Waals surface area contributed by atoms with Crippen LogP contribution >= 0.6 is 0 Å². The van der Waals surface area contributed by atoms with Gasteiger partial charge in [-0.15, -0.1) is 0 Å². The zero-order valence-corrected chi connectivity index (χ0v) is 19.9. The smallest absolute Gasteiger partial charge is 0.416 e. The number of urea groups is 1. The summed E-state index contributed by atoms with van der Waals surface area (Å²) in [5, 5.41) is 5.54. The van der Waals surface area contributed by atoms with Gasteiger partial charge in [0.05, 0.1) is 29.7 Å². The van der Waals surface area contributed by atoms with Gasteiger partial charge in [-0.2, -0.15) is 13.2 Å². The first kappa shape index (κ1) is 25.3. The number of ether oxygens (including phenoxy) is 1. The van der Waals surface area contributed by atoms with E-state index < -0.39 is 17.8 Å². The number of nitrogens with one attached hydrogen (secondary N) is 2. The highest BCUT2D eigenvalue weighted by molar-refractivity contribution is 6.00. The predicted octanol–water partition coefficient (Wildman–Crippen LogP) is 5.47. The highest BCUT2D eigenvalue weighted by atomic mass is 19.4. The molecule has 0 atom stereocenters. The number of para-hydroxylation sites is 2. The third-order valence-electron chi connectivity index (χ3n) is 5.80. The van der Waals surface area contributed by atoms with Crippen molar-refractivity contribution in [2.75, 3.05) is 48.3 Å². The summed E-state index contributed by atoms with van der Waals surface area (Å²) in [5.41, 5.74) is 1.15. The normalized spacial score (nSPS) is 14.4. The summed E-state index contributed by atoms with van der Waals surface area (Å²) in [7, 11) is 0. The molecular weight excluding hydrogens is 471 g/mol. The Bertz CT molecular complexity index is 1160. The third-order valence-corrected chi connectivity index (χ3v) is 5.80.